The highest BCUT2D eigenvalue weighted by Gasteiger charge is 2.25. The normalized spacial score (nSPS) is 13.3. The third kappa shape index (κ3) is 3.01. The van der Waals surface area contributed by atoms with Gasteiger partial charge in [0, 0.05) is 11.1 Å². The summed E-state index contributed by atoms with van der Waals surface area (Å²) < 4.78 is 0. The number of carbonyl (C=O) groups excluding carboxylic acids is 1. The van der Waals surface area contributed by atoms with Gasteiger partial charge in [-0.05, 0) is 55.4 Å². The number of nitrogens with one attached hydrogen (secondary N) is 1. The Balaban J connectivity index is 1.79. The van der Waals surface area contributed by atoms with Gasteiger partial charge in [0.15, 0.2) is 0 Å². The van der Waals surface area contributed by atoms with Crippen LogP contribution in [-0.2, 0) is 19.3 Å². The average molecular weight is 395 g/mol. The maximum atomic E-state index is 12.9. The number of pyridine rings is 1. The fourth-order valence-corrected chi connectivity index (χ4v) is 4.95. The lowest BCUT2D eigenvalue weighted by Gasteiger charge is -2.19. The number of carboxylic acid groups (broad SMARTS) is 1. The van der Waals surface area contributed by atoms with Gasteiger partial charge in [-0.3, -0.25) is 4.79 Å². The van der Waals surface area contributed by atoms with Gasteiger partial charge >= 0.3 is 5.97 Å². The second-order valence-corrected chi connectivity index (χ2v) is 7.91. The molecule has 7 heteroatoms. The molecule has 2 heterocycles. The number of fused-ring (bicyclic) bond motifs is 3. The van der Waals surface area contributed by atoms with Gasteiger partial charge in [0.25, 0.3) is 5.91 Å². The first kappa shape index (κ1) is 18.4. The molecule has 0 fully saturated rings. The van der Waals surface area contributed by atoms with Crippen LogP contribution < -0.4 is 11.1 Å². The summed E-state index contributed by atoms with van der Waals surface area (Å²) in [6.07, 6.45) is 5.06. The third-order valence-electron chi connectivity index (χ3n) is 5.23. The highest BCUT2D eigenvalue weighted by Crippen LogP contribution is 2.40. The maximum absolute atomic E-state index is 12.9. The van der Waals surface area contributed by atoms with Crippen molar-refractivity contribution in [2.75, 3.05) is 11.1 Å². The number of para-hydroxylation sites is 1. The lowest BCUT2D eigenvalue weighted by Crippen LogP contribution is -2.15. The quantitative estimate of drug-likeness (QED) is 0.612. The number of nitrogens with two attached hydrogens (primary N) is 1. The van der Waals surface area contributed by atoms with Crippen molar-refractivity contribution in [2.45, 2.75) is 39.0 Å². The number of benzene rings is 1. The zero-order chi connectivity index (χ0) is 19.8. The van der Waals surface area contributed by atoms with Gasteiger partial charge in [0.05, 0.1) is 16.9 Å². The second-order valence-electron chi connectivity index (χ2n) is 6.91. The Kier molecular flexibility index (Phi) is 4.77. The highest BCUT2D eigenvalue weighted by atomic mass is 32.1. The van der Waals surface area contributed by atoms with Crippen LogP contribution in [0.25, 0.3) is 10.2 Å². The summed E-state index contributed by atoms with van der Waals surface area (Å²) in [6, 6.07) is 6.33. The molecule has 4 N–H and O–H groups in total. The van der Waals surface area contributed by atoms with Crippen LogP contribution in [0.3, 0.4) is 0 Å². The zero-order valence-electron chi connectivity index (χ0n) is 15.5. The second kappa shape index (κ2) is 7.24. The largest absolute Gasteiger partial charge is 0.478 e. The van der Waals surface area contributed by atoms with Gasteiger partial charge in [-0.15, -0.1) is 11.3 Å². The number of anilines is 2. The Hall–Kier alpha value is -2.93. The predicted octanol–water partition coefficient (Wildman–Crippen LogP) is 4.27. The number of aromatic nitrogens is 1. The van der Waals surface area contributed by atoms with Crippen molar-refractivity contribution in [3.63, 3.8) is 0 Å². The Morgan fingerprint density at radius 2 is 1.93 bits per heavy atom. The van der Waals surface area contributed by atoms with Crippen molar-refractivity contribution in [2.24, 2.45) is 0 Å². The smallest absolute Gasteiger partial charge is 0.337 e. The molecule has 6 nitrogen and oxygen atoms in total. The van der Waals surface area contributed by atoms with Crippen molar-refractivity contribution in [1.82, 2.24) is 4.98 Å². The average Bonchev–Trinajstić information content (AvgIpc) is 3.04. The van der Waals surface area contributed by atoms with E-state index in [1.807, 2.05) is 0 Å². The van der Waals surface area contributed by atoms with Crippen LogP contribution in [0.4, 0.5) is 11.4 Å². The van der Waals surface area contributed by atoms with Crippen LogP contribution in [0.15, 0.2) is 24.3 Å². The molecule has 0 aliphatic heterocycles. The summed E-state index contributed by atoms with van der Waals surface area (Å²) in [4.78, 5) is 30.2. The van der Waals surface area contributed by atoms with E-state index >= 15 is 0 Å². The third-order valence-corrected chi connectivity index (χ3v) is 6.33. The molecule has 0 radical (unpaired) electrons. The van der Waals surface area contributed by atoms with Crippen LogP contribution >= 0.6 is 11.3 Å². The van der Waals surface area contributed by atoms with E-state index in [-0.39, 0.29) is 11.3 Å². The summed E-state index contributed by atoms with van der Waals surface area (Å²) >= 11 is 1.27. The van der Waals surface area contributed by atoms with E-state index in [1.54, 1.807) is 18.2 Å². The molecule has 3 aromatic rings. The van der Waals surface area contributed by atoms with E-state index < -0.39 is 11.9 Å². The molecule has 144 valence electrons. The lowest BCUT2D eigenvalue weighted by molar-refractivity contribution is 0.0698. The zero-order valence-corrected chi connectivity index (χ0v) is 16.4. The molecular weight excluding hydrogens is 374 g/mol. The monoisotopic (exact) mass is 395 g/mol. The molecule has 0 saturated heterocycles. The van der Waals surface area contributed by atoms with E-state index in [0.717, 1.165) is 48.0 Å². The number of hydrogen-bond acceptors (Lipinski definition) is 5. The molecule has 1 aliphatic rings. The number of nitrogens with zero attached hydrogens (tertiary/aromatic N) is 1. The van der Waals surface area contributed by atoms with Crippen LogP contribution in [0.2, 0.25) is 0 Å². The Morgan fingerprint density at radius 1 is 1.21 bits per heavy atom. The number of aromatic carboxylic acids is 1. The van der Waals surface area contributed by atoms with Crippen LogP contribution in [-0.4, -0.2) is 22.0 Å². The van der Waals surface area contributed by atoms with E-state index in [9.17, 15) is 14.7 Å². The highest BCUT2D eigenvalue weighted by molar-refractivity contribution is 7.21. The number of aryl methyl sites for hydroxylation is 2. The van der Waals surface area contributed by atoms with E-state index in [1.165, 1.54) is 28.5 Å². The molecule has 1 aliphatic carbocycles. The minimum absolute atomic E-state index is 0.0410. The molecule has 1 amide bonds. The van der Waals surface area contributed by atoms with Gasteiger partial charge < -0.3 is 16.2 Å². The number of carbonyl (C=O) groups is 2. The number of rotatable bonds is 4. The maximum Gasteiger partial charge on any atom is 0.337 e. The summed E-state index contributed by atoms with van der Waals surface area (Å²) in [5, 5.41) is 12.9. The molecule has 28 heavy (non-hydrogen) atoms. The number of nitrogen functional groups attached to an aromatic ring is 1. The van der Waals surface area contributed by atoms with Crippen LogP contribution in [0.1, 0.15) is 56.6 Å². The summed E-state index contributed by atoms with van der Waals surface area (Å²) in [6.45, 7) is 2.09. The van der Waals surface area contributed by atoms with E-state index in [4.69, 9.17) is 10.7 Å². The van der Waals surface area contributed by atoms with Crippen molar-refractivity contribution < 1.29 is 14.7 Å². The van der Waals surface area contributed by atoms with Crippen molar-refractivity contribution in [3.8, 4) is 0 Å². The molecule has 0 saturated carbocycles. The first-order valence-electron chi connectivity index (χ1n) is 9.37. The fourth-order valence-electron chi connectivity index (χ4n) is 3.91. The first-order valence-corrected chi connectivity index (χ1v) is 10.2. The number of carboxylic acids is 1. The molecule has 4 rings (SSSR count). The minimum atomic E-state index is -1.09. The van der Waals surface area contributed by atoms with E-state index in [2.05, 4.69) is 12.2 Å². The van der Waals surface area contributed by atoms with Crippen molar-refractivity contribution >= 4 is 44.8 Å². The summed E-state index contributed by atoms with van der Waals surface area (Å²) in [5.74, 6) is -1.50. The molecule has 0 spiro atoms. The van der Waals surface area contributed by atoms with Gasteiger partial charge in [-0.2, -0.15) is 0 Å². The predicted molar refractivity (Wildman–Crippen MR) is 111 cm³/mol. The van der Waals surface area contributed by atoms with Gasteiger partial charge in [0.1, 0.15) is 9.71 Å². The lowest BCUT2D eigenvalue weighted by atomic mass is 9.88. The first-order chi connectivity index (χ1) is 13.5. The molecule has 1 aromatic carbocycles. The molecule has 0 unspecified atom stereocenters. The van der Waals surface area contributed by atoms with Crippen LogP contribution in [0.5, 0.6) is 0 Å². The summed E-state index contributed by atoms with van der Waals surface area (Å²) in [7, 11) is 0. The Labute approximate surface area is 166 Å². The Morgan fingerprint density at radius 3 is 2.64 bits per heavy atom. The van der Waals surface area contributed by atoms with Gasteiger partial charge in [-0.25, -0.2) is 9.78 Å². The molecular formula is C21H21N3O3S. The van der Waals surface area contributed by atoms with Gasteiger partial charge in [-0.1, -0.05) is 19.1 Å². The van der Waals surface area contributed by atoms with Crippen molar-refractivity contribution in [3.05, 3.63) is 51.5 Å². The number of thiophene rings is 1. The van der Waals surface area contributed by atoms with Gasteiger partial charge in [0.2, 0.25) is 0 Å². The van der Waals surface area contributed by atoms with E-state index in [0.29, 0.717) is 10.6 Å². The number of hydrogen-bond donors (Lipinski definition) is 3. The minimum Gasteiger partial charge on any atom is -0.478 e. The van der Waals surface area contributed by atoms with Crippen LogP contribution in [0, 0.1) is 0 Å². The summed E-state index contributed by atoms with van der Waals surface area (Å²) in [5.41, 5.74) is 10.7. The number of amides is 1. The standard InChI is InChI=1S/C21H21N3O3S/c1-2-14-11-7-3-4-8-12(11)16-17(22)18(28-20(16)24-14)19(25)23-15-10-6-5-9-13(15)21(26)27/h5-6,9-10H,2-4,7-8,22H2,1H3,(H,23,25)(H,26,27). The Bertz CT molecular complexity index is 1100. The molecule has 2 aromatic heterocycles. The fraction of sp³-hybridized carbons (Fsp3) is 0.286. The molecule has 0 bridgehead atoms. The van der Waals surface area contributed by atoms with Crippen molar-refractivity contribution in [1.29, 1.82) is 0 Å². The SMILES string of the molecule is CCc1nc2sc(C(=O)Nc3ccccc3C(=O)O)c(N)c2c2c1CCCC2. The molecule has 0 atom stereocenters. The topological polar surface area (TPSA) is 105 Å².